The fraction of sp³-hybridized carbons (Fsp3) is 0.368. The molecule has 0 bridgehead atoms. The molecule has 2 nitrogen and oxygen atoms in total. The van der Waals surface area contributed by atoms with E-state index < -0.39 is 0 Å². The van der Waals surface area contributed by atoms with Crippen LogP contribution in [0.3, 0.4) is 0 Å². The van der Waals surface area contributed by atoms with E-state index in [1.807, 2.05) is 0 Å². The van der Waals surface area contributed by atoms with Gasteiger partial charge in [-0.3, -0.25) is 0 Å². The van der Waals surface area contributed by atoms with Crippen LogP contribution >= 0.6 is 0 Å². The molecule has 0 fully saturated rings. The summed E-state index contributed by atoms with van der Waals surface area (Å²) in [5.74, 6) is 0. The lowest BCUT2D eigenvalue weighted by atomic mass is 9.95. The fourth-order valence-corrected chi connectivity index (χ4v) is 3.07. The van der Waals surface area contributed by atoms with Crippen LogP contribution in [0.4, 0.5) is 5.69 Å². The van der Waals surface area contributed by atoms with Crippen LogP contribution in [0, 0.1) is 0 Å². The van der Waals surface area contributed by atoms with Crippen LogP contribution in [-0.4, -0.2) is 32.1 Å². The molecule has 0 N–H and O–H groups in total. The molecule has 0 unspecified atom stereocenters. The topological polar surface area (TPSA) is 6.48 Å². The quantitative estimate of drug-likeness (QED) is 0.850. The summed E-state index contributed by atoms with van der Waals surface area (Å²) in [6.07, 6.45) is 2.28. The summed E-state index contributed by atoms with van der Waals surface area (Å²) in [7, 11) is 4.29. The van der Waals surface area contributed by atoms with Gasteiger partial charge >= 0.3 is 0 Å². The first-order valence-electron chi connectivity index (χ1n) is 7.78. The molecule has 0 aromatic heterocycles. The molecule has 0 saturated carbocycles. The van der Waals surface area contributed by atoms with Crippen molar-refractivity contribution in [3.8, 4) is 0 Å². The normalized spacial score (nSPS) is 14.3. The standard InChI is InChI=1S/C19H24N2/c1-20(2)13-14-21-15-18-9-4-3-7-16(18)11-12-17-8-5-6-10-19(17)21/h3-10H,11-15H2,1-2H3. The molecule has 2 aromatic rings. The molecule has 21 heavy (non-hydrogen) atoms. The molecule has 2 heteroatoms. The molecule has 0 aliphatic carbocycles. The highest BCUT2D eigenvalue weighted by atomic mass is 15.2. The third-order valence-corrected chi connectivity index (χ3v) is 4.29. The van der Waals surface area contributed by atoms with E-state index in [4.69, 9.17) is 0 Å². The second-order valence-electron chi connectivity index (χ2n) is 6.12. The lowest BCUT2D eigenvalue weighted by molar-refractivity contribution is 0.412. The van der Waals surface area contributed by atoms with Crippen LogP contribution < -0.4 is 4.90 Å². The highest BCUT2D eigenvalue weighted by molar-refractivity contribution is 5.55. The molecule has 1 heterocycles. The van der Waals surface area contributed by atoms with Crippen molar-refractivity contribution in [2.45, 2.75) is 19.4 Å². The van der Waals surface area contributed by atoms with Gasteiger partial charge in [-0.25, -0.2) is 0 Å². The summed E-state index contributed by atoms with van der Waals surface area (Å²) in [6, 6.07) is 17.8. The molecule has 0 atom stereocenters. The van der Waals surface area contributed by atoms with Crippen molar-refractivity contribution in [3.63, 3.8) is 0 Å². The third kappa shape index (κ3) is 3.27. The molecule has 0 saturated heterocycles. The molecule has 110 valence electrons. The van der Waals surface area contributed by atoms with E-state index in [2.05, 4.69) is 72.4 Å². The number of hydrogen-bond acceptors (Lipinski definition) is 2. The van der Waals surface area contributed by atoms with Gasteiger partial charge in [-0.15, -0.1) is 0 Å². The number of para-hydroxylation sites is 1. The lowest BCUT2D eigenvalue weighted by Gasteiger charge is -2.31. The molecular weight excluding hydrogens is 256 g/mol. The lowest BCUT2D eigenvalue weighted by Crippen LogP contribution is -2.33. The smallest absolute Gasteiger partial charge is 0.0432 e. The summed E-state index contributed by atoms with van der Waals surface area (Å²) in [5, 5.41) is 0. The zero-order valence-electron chi connectivity index (χ0n) is 13.0. The van der Waals surface area contributed by atoms with Crippen molar-refractivity contribution < 1.29 is 0 Å². The van der Waals surface area contributed by atoms with E-state index in [0.29, 0.717) is 0 Å². The molecule has 0 radical (unpaired) electrons. The molecular formula is C19H24N2. The zero-order chi connectivity index (χ0) is 14.7. The van der Waals surface area contributed by atoms with Gasteiger partial charge in [-0.05, 0) is 49.7 Å². The minimum absolute atomic E-state index is 1.01. The van der Waals surface area contributed by atoms with Gasteiger partial charge in [0.2, 0.25) is 0 Å². The van der Waals surface area contributed by atoms with Gasteiger partial charge in [0.25, 0.3) is 0 Å². The predicted octanol–water partition coefficient (Wildman–Crippen LogP) is 3.35. The van der Waals surface area contributed by atoms with Crippen LogP contribution in [-0.2, 0) is 19.4 Å². The fourth-order valence-electron chi connectivity index (χ4n) is 3.07. The van der Waals surface area contributed by atoms with Crippen LogP contribution in [0.2, 0.25) is 0 Å². The Morgan fingerprint density at radius 1 is 0.857 bits per heavy atom. The zero-order valence-corrected chi connectivity index (χ0v) is 13.0. The van der Waals surface area contributed by atoms with Crippen molar-refractivity contribution in [1.82, 2.24) is 4.90 Å². The minimum Gasteiger partial charge on any atom is -0.366 e. The monoisotopic (exact) mass is 280 g/mol. The minimum atomic E-state index is 1.01. The Morgan fingerprint density at radius 2 is 1.48 bits per heavy atom. The van der Waals surface area contributed by atoms with Crippen molar-refractivity contribution in [3.05, 3.63) is 65.2 Å². The SMILES string of the molecule is CN(C)CCN1Cc2ccccc2CCc2ccccc21. The van der Waals surface area contributed by atoms with Gasteiger partial charge in [0.1, 0.15) is 0 Å². The Morgan fingerprint density at radius 3 is 2.24 bits per heavy atom. The van der Waals surface area contributed by atoms with Crippen molar-refractivity contribution in [1.29, 1.82) is 0 Å². The van der Waals surface area contributed by atoms with Crippen LogP contribution in [0.15, 0.2) is 48.5 Å². The highest BCUT2D eigenvalue weighted by Crippen LogP contribution is 2.27. The molecule has 0 amide bonds. The molecule has 3 rings (SSSR count). The van der Waals surface area contributed by atoms with Crippen LogP contribution in [0.25, 0.3) is 0 Å². The first-order valence-corrected chi connectivity index (χ1v) is 7.78. The Bertz CT molecular complexity index is 604. The maximum atomic E-state index is 2.54. The van der Waals surface area contributed by atoms with E-state index in [9.17, 15) is 0 Å². The first kappa shape index (κ1) is 14.2. The largest absolute Gasteiger partial charge is 0.366 e. The van der Waals surface area contributed by atoms with Gasteiger partial charge in [0.15, 0.2) is 0 Å². The van der Waals surface area contributed by atoms with Crippen LogP contribution in [0.5, 0.6) is 0 Å². The van der Waals surface area contributed by atoms with Crippen molar-refractivity contribution in [2.75, 3.05) is 32.1 Å². The van der Waals surface area contributed by atoms with Gasteiger partial charge in [0, 0.05) is 25.3 Å². The van der Waals surface area contributed by atoms with E-state index in [-0.39, 0.29) is 0 Å². The number of nitrogens with zero attached hydrogens (tertiary/aromatic N) is 2. The Balaban J connectivity index is 1.94. The summed E-state index contributed by atoms with van der Waals surface area (Å²) in [4.78, 5) is 4.79. The predicted molar refractivity (Wildman–Crippen MR) is 89.9 cm³/mol. The Kier molecular flexibility index (Phi) is 4.26. The van der Waals surface area contributed by atoms with Gasteiger partial charge in [-0.1, -0.05) is 42.5 Å². The van der Waals surface area contributed by atoms with Crippen molar-refractivity contribution in [2.24, 2.45) is 0 Å². The van der Waals surface area contributed by atoms with E-state index in [1.54, 1.807) is 0 Å². The molecule has 1 aliphatic heterocycles. The highest BCUT2D eigenvalue weighted by Gasteiger charge is 2.16. The summed E-state index contributed by atoms with van der Waals surface area (Å²) >= 11 is 0. The van der Waals surface area contributed by atoms with Gasteiger partial charge < -0.3 is 9.80 Å². The summed E-state index contributed by atoms with van der Waals surface area (Å²) in [5.41, 5.74) is 5.87. The Hall–Kier alpha value is -1.80. The average Bonchev–Trinajstić information content (AvgIpc) is 2.48. The summed E-state index contributed by atoms with van der Waals surface area (Å²) in [6.45, 7) is 3.16. The maximum absolute atomic E-state index is 2.54. The first-order chi connectivity index (χ1) is 10.2. The average molecular weight is 280 g/mol. The van der Waals surface area contributed by atoms with E-state index >= 15 is 0 Å². The molecule has 2 aromatic carbocycles. The maximum Gasteiger partial charge on any atom is 0.0432 e. The van der Waals surface area contributed by atoms with E-state index in [1.165, 1.54) is 22.4 Å². The third-order valence-electron chi connectivity index (χ3n) is 4.29. The molecule has 1 aliphatic rings. The van der Waals surface area contributed by atoms with Gasteiger partial charge in [-0.2, -0.15) is 0 Å². The number of hydrogen-bond donors (Lipinski definition) is 0. The number of aryl methyl sites for hydroxylation is 2. The van der Waals surface area contributed by atoms with Crippen molar-refractivity contribution >= 4 is 5.69 Å². The van der Waals surface area contributed by atoms with E-state index in [0.717, 1.165) is 32.5 Å². The Labute approximate surface area is 128 Å². The number of likely N-dealkylation sites (N-methyl/N-ethyl adjacent to an activating group) is 1. The molecule has 0 spiro atoms. The van der Waals surface area contributed by atoms with Crippen LogP contribution in [0.1, 0.15) is 16.7 Å². The summed E-state index contributed by atoms with van der Waals surface area (Å²) < 4.78 is 0. The number of anilines is 1. The second kappa shape index (κ2) is 6.31. The number of fused-ring (bicyclic) bond motifs is 2. The number of rotatable bonds is 3. The second-order valence-corrected chi connectivity index (χ2v) is 6.12. The van der Waals surface area contributed by atoms with Gasteiger partial charge in [0.05, 0.1) is 0 Å². The number of benzene rings is 2.